The van der Waals surface area contributed by atoms with Crippen LogP contribution in [0.2, 0.25) is 10.0 Å². The van der Waals surface area contributed by atoms with E-state index in [0.717, 1.165) is 16.0 Å². The maximum Gasteiger partial charge on any atom is 0.335 e. The third-order valence-corrected chi connectivity index (χ3v) is 7.06. The summed E-state index contributed by atoms with van der Waals surface area (Å²) in [4.78, 5) is 39.7. The molecule has 1 heterocycles. The second-order valence-electron chi connectivity index (χ2n) is 9.39. The molecule has 8 nitrogen and oxygen atoms in total. The highest BCUT2D eigenvalue weighted by atomic mass is 35.5. The van der Waals surface area contributed by atoms with E-state index in [0.29, 0.717) is 46.1 Å². The first-order valence-corrected chi connectivity index (χ1v) is 14.1. The van der Waals surface area contributed by atoms with Gasteiger partial charge in [-0.2, -0.15) is 0 Å². The van der Waals surface area contributed by atoms with E-state index in [1.165, 1.54) is 6.08 Å². The van der Waals surface area contributed by atoms with Crippen LogP contribution in [0.5, 0.6) is 17.2 Å². The predicted octanol–water partition coefficient (Wildman–Crippen LogP) is 7.22. The zero-order valence-corrected chi connectivity index (χ0v) is 24.5. The van der Waals surface area contributed by atoms with Crippen molar-refractivity contribution in [2.24, 2.45) is 0 Å². The molecular weight excluding hydrogens is 591 g/mol. The van der Waals surface area contributed by atoms with Crippen LogP contribution in [-0.2, 0) is 22.8 Å². The molecule has 0 aliphatic carbocycles. The number of hydrogen-bond donors (Lipinski definition) is 1. The number of carbonyl (C=O) groups excluding carboxylic acids is 3. The van der Waals surface area contributed by atoms with Crippen molar-refractivity contribution in [3.63, 3.8) is 0 Å². The topological polar surface area (TPSA) is 94.2 Å². The molecule has 0 saturated carbocycles. The first-order valence-electron chi connectivity index (χ1n) is 13.3. The van der Waals surface area contributed by atoms with Crippen LogP contribution >= 0.6 is 23.2 Å². The summed E-state index contributed by atoms with van der Waals surface area (Å²) in [7, 11) is 0. The fourth-order valence-electron chi connectivity index (χ4n) is 4.27. The molecule has 1 fully saturated rings. The number of carbonyl (C=O) groups is 3. The van der Waals surface area contributed by atoms with Gasteiger partial charge in [-0.3, -0.25) is 14.9 Å². The van der Waals surface area contributed by atoms with E-state index < -0.39 is 17.8 Å². The van der Waals surface area contributed by atoms with Crippen molar-refractivity contribution in [2.75, 3.05) is 11.5 Å². The van der Waals surface area contributed by atoms with Gasteiger partial charge in [0.05, 0.1) is 12.3 Å². The number of nitrogens with one attached hydrogen (secondary N) is 1. The molecule has 0 spiro atoms. The minimum atomic E-state index is -0.847. The number of rotatable bonds is 10. The molecule has 0 radical (unpaired) electrons. The molecular formula is C33H26Cl2N2O6. The first-order chi connectivity index (χ1) is 20.8. The van der Waals surface area contributed by atoms with Crippen LogP contribution in [0.3, 0.4) is 0 Å². The van der Waals surface area contributed by atoms with Gasteiger partial charge >= 0.3 is 6.03 Å². The second-order valence-corrected chi connectivity index (χ2v) is 10.2. The Labute approximate surface area is 258 Å². The number of amides is 4. The summed E-state index contributed by atoms with van der Waals surface area (Å²) in [6.07, 6.45) is 1.40. The zero-order valence-electron chi connectivity index (χ0n) is 23.0. The van der Waals surface area contributed by atoms with Gasteiger partial charge in [0, 0.05) is 15.6 Å². The number of hydrogen-bond acceptors (Lipinski definition) is 6. The standard InChI is InChI=1S/C33H26Cl2N2O6/c1-2-41-30-18-22(9-16-29(30)43-20-23-5-3-4-6-28(23)35)17-27-31(38)36-33(40)37(32(27)39)25-12-14-26(15-13-25)42-19-21-7-10-24(34)11-8-21/h3-18H,2,19-20H2,1H3,(H,36,38,40)/b27-17+. The Morgan fingerprint density at radius 3 is 2.26 bits per heavy atom. The summed E-state index contributed by atoms with van der Waals surface area (Å²) in [6, 6.07) is 25.2. The lowest BCUT2D eigenvalue weighted by molar-refractivity contribution is -0.122. The Morgan fingerprint density at radius 1 is 0.791 bits per heavy atom. The van der Waals surface area contributed by atoms with Gasteiger partial charge in [-0.05, 0) is 78.7 Å². The average Bonchev–Trinajstić information content (AvgIpc) is 3.00. The number of ether oxygens (including phenoxy) is 3. The molecule has 0 atom stereocenters. The average molecular weight is 617 g/mol. The van der Waals surface area contributed by atoms with Gasteiger partial charge < -0.3 is 14.2 Å². The molecule has 0 bridgehead atoms. The number of urea groups is 1. The number of anilines is 1. The Morgan fingerprint density at radius 2 is 1.53 bits per heavy atom. The van der Waals surface area contributed by atoms with Crippen LogP contribution in [-0.4, -0.2) is 24.5 Å². The van der Waals surface area contributed by atoms with Crippen molar-refractivity contribution in [3.05, 3.63) is 123 Å². The summed E-state index contributed by atoms with van der Waals surface area (Å²) in [5.41, 5.74) is 2.31. The van der Waals surface area contributed by atoms with Crippen LogP contribution in [0.25, 0.3) is 6.08 Å². The molecule has 1 saturated heterocycles. The number of benzene rings is 4. The number of nitrogens with zero attached hydrogens (tertiary/aromatic N) is 1. The van der Waals surface area contributed by atoms with E-state index in [2.05, 4.69) is 5.32 Å². The van der Waals surface area contributed by atoms with Crippen molar-refractivity contribution in [1.82, 2.24) is 5.32 Å². The first kappa shape index (κ1) is 29.7. The molecule has 4 amide bonds. The largest absolute Gasteiger partial charge is 0.490 e. The SMILES string of the molecule is CCOc1cc(/C=C2\C(=O)NC(=O)N(c3ccc(OCc4ccc(Cl)cc4)cc3)C2=O)ccc1OCc1ccccc1Cl. The molecule has 4 aromatic carbocycles. The van der Waals surface area contributed by atoms with E-state index in [1.807, 2.05) is 37.3 Å². The van der Waals surface area contributed by atoms with Gasteiger partial charge in [0.1, 0.15) is 24.5 Å². The van der Waals surface area contributed by atoms with E-state index in [4.69, 9.17) is 37.4 Å². The van der Waals surface area contributed by atoms with Gasteiger partial charge in [-0.25, -0.2) is 9.69 Å². The minimum Gasteiger partial charge on any atom is -0.490 e. The molecule has 43 heavy (non-hydrogen) atoms. The quantitative estimate of drug-likeness (QED) is 0.149. The van der Waals surface area contributed by atoms with Gasteiger partial charge in [0.2, 0.25) is 0 Å². The van der Waals surface area contributed by atoms with Crippen LogP contribution < -0.4 is 24.4 Å². The van der Waals surface area contributed by atoms with Gasteiger partial charge in [-0.15, -0.1) is 0 Å². The van der Waals surface area contributed by atoms with Gasteiger partial charge in [0.15, 0.2) is 11.5 Å². The van der Waals surface area contributed by atoms with E-state index in [1.54, 1.807) is 60.7 Å². The summed E-state index contributed by atoms with van der Waals surface area (Å²) in [5, 5.41) is 3.46. The molecule has 5 rings (SSSR count). The highest BCUT2D eigenvalue weighted by molar-refractivity contribution is 6.39. The highest BCUT2D eigenvalue weighted by Crippen LogP contribution is 2.32. The highest BCUT2D eigenvalue weighted by Gasteiger charge is 2.36. The van der Waals surface area contributed by atoms with Crippen molar-refractivity contribution in [3.8, 4) is 17.2 Å². The molecule has 218 valence electrons. The maximum atomic E-state index is 13.4. The van der Waals surface area contributed by atoms with Crippen molar-refractivity contribution in [2.45, 2.75) is 20.1 Å². The number of halogens is 2. The smallest absolute Gasteiger partial charge is 0.335 e. The third kappa shape index (κ3) is 7.17. The Bertz CT molecular complexity index is 1690. The van der Waals surface area contributed by atoms with Gasteiger partial charge in [-0.1, -0.05) is 59.6 Å². The van der Waals surface area contributed by atoms with Crippen LogP contribution in [0.1, 0.15) is 23.6 Å². The lowest BCUT2D eigenvalue weighted by Crippen LogP contribution is -2.54. The Balaban J connectivity index is 1.32. The summed E-state index contributed by atoms with van der Waals surface area (Å²) >= 11 is 12.2. The predicted molar refractivity (Wildman–Crippen MR) is 165 cm³/mol. The number of barbiturate groups is 1. The zero-order chi connectivity index (χ0) is 30.3. The fourth-order valence-corrected chi connectivity index (χ4v) is 4.59. The molecule has 0 aromatic heterocycles. The van der Waals surface area contributed by atoms with Gasteiger partial charge in [0.25, 0.3) is 11.8 Å². The van der Waals surface area contributed by atoms with Crippen LogP contribution in [0.15, 0.2) is 96.6 Å². The van der Waals surface area contributed by atoms with E-state index in [-0.39, 0.29) is 17.9 Å². The van der Waals surface area contributed by atoms with Crippen molar-refractivity contribution < 1.29 is 28.6 Å². The maximum absolute atomic E-state index is 13.4. The van der Waals surface area contributed by atoms with E-state index >= 15 is 0 Å². The third-order valence-electron chi connectivity index (χ3n) is 6.43. The lowest BCUT2D eigenvalue weighted by atomic mass is 10.1. The monoisotopic (exact) mass is 616 g/mol. The molecule has 0 unspecified atom stereocenters. The van der Waals surface area contributed by atoms with Crippen LogP contribution in [0, 0.1) is 0 Å². The lowest BCUT2D eigenvalue weighted by Gasteiger charge is -2.26. The summed E-state index contributed by atoms with van der Waals surface area (Å²) < 4.78 is 17.5. The minimum absolute atomic E-state index is 0.213. The molecule has 1 aliphatic heterocycles. The second kappa shape index (κ2) is 13.5. The fraction of sp³-hybridized carbons (Fsp3) is 0.121. The summed E-state index contributed by atoms with van der Waals surface area (Å²) in [5.74, 6) is -0.129. The molecule has 4 aromatic rings. The van der Waals surface area contributed by atoms with Crippen LogP contribution in [0.4, 0.5) is 10.5 Å². The van der Waals surface area contributed by atoms with E-state index in [9.17, 15) is 14.4 Å². The molecule has 1 aliphatic rings. The molecule has 1 N–H and O–H groups in total. The molecule has 10 heteroatoms. The van der Waals surface area contributed by atoms with Crippen molar-refractivity contribution in [1.29, 1.82) is 0 Å². The number of imide groups is 2. The normalized spacial score (nSPS) is 14.1. The van der Waals surface area contributed by atoms with Crippen molar-refractivity contribution >= 4 is 52.8 Å². The summed E-state index contributed by atoms with van der Waals surface area (Å²) in [6.45, 7) is 2.74. The Hall–Kier alpha value is -4.79. The Kier molecular flexibility index (Phi) is 9.29.